The van der Waals surface area contributed by atoms with Gasteiger partial charge in [-0.2, -0.15) is 0 Å². The van der Waals surface area contributed by atoms with Crippen molar-refractivity contribution in [3.63, 3.8) is 0 Å². The zero-order chi connectivity index (χ0) is 17.9. The summed E-state index contributed by atoms with van der Waals surface area (Å²) in [6.45, 7) is 3.15. The highest BCUT2D eigenvalue weighted by Crippen LogP contribution is 2.29. The van der Waals surface area contributed by atoms with Crippen molar-refractivity contribution in [2.75, 3.05) is 36.8 Å². The molecular weight excluding hydrogens is 386 g/mol. The fourth-order valence-electron chi connectivity index (χ4n) is 3.01. The van der Waals surface area contributed by atoms with Crippen molar-refractivity contribution in [2.45, 2.75) is 4.34 Å². The minimum atomic E-state index is 0.181. The second-order valence-corrected chi connectivity index (χ2v) is 8.77. The van der Waals surface area contributed by atoms with Crippen LogP contribution in [0.3, 0.4) is 0 Å². The van der Waals surface area contributed by atoms with Gasteiger partial charge in [0.25, 0.3) is 0 Å². The molecule has 0 N–H and O–H groups in total. The molecule has 1 aliphatic heterocycles. The smallest absolute Gasteiger partial charge is 0.233 e. The van der Waals surface area contributed by atoms with Gasteiger partial charge in [-0.3, -0.25) is 4.79 Å². The molecule has 1 fully saturated rings. The number of carbonyl (C=O) groups is 1. The number of carbonyl (C=O) groups excluding carboxylic acids is 1. The Hall–Kier alpha value is -1.76. The molecule has 2 heterocycles. The van der Waals surface area contributed by atoms with Crippen molar-refractivity contribution >= 4 is 56.5 Å². The van der Waals surface area contributed by atoms with Crippen LogP contribution in [0.2, 0.25) is 5.02 Å². The normalized spacial score (nSPS) is 14.8. The average Bonchev–Trinajstić information content (AvgIpc) is 3.09. The Bertz CT molecular complexity index is 889. The molecule has 0 spiro atoms. The Morgan fingerprint density at radius 2 is 1.92 bits per heavy atom. The maximum absolute atomic E-state index is 12.5. The molecule has 1 aromatic heterocycles. The van der Waals surface area contributed by atoms with Crippen LogP contribution in [0.5, 0.6) is 0 Å². The van der Waals surface area contributed by atoms with Crippen LogP contribution in [0.15, 0.2) is 52.9 Å². The van der Waals surface area contributed by atoms with E-state index in [9.17, 15) is 4.79 Å². The van der Waals surface area contributed by atoms with Crippen LogP contribution in [0.1, 0.15) is 0 Å². The molecule has 7 heteroatoms. The molecule has 0 radical (unpaired) electrons. The second kappa shape index (κ2) is 7.86. The number of hydrogen-bond donors (Lipinski definition) is 0. The second-order valence-electron chi connectivity index (χ2n) is 6.08. The third-order valence-electron chi connectivity index (χ3n) is 4.40. The first-order valence-electron chi connectivity index (χ1n) is 8.46. The Morgan fingerprint density at radius 3 is 2.69 bits per heavy atom. The number of hydrogen-bond acceptors (Lipinski definition) is 5. The van der Waals surface area contributed by atoms with E-state index in [0.717, 1.165) is 51.4 Å². The van der Waals surface area contributed by atoms with Gasteiger partial charge in [0.15, 0.2) is 4.34 Å². The first-order chi connectivity index (χ1) is 12.7. The highest BCUT2D eigenvalue weighted by atomic mass is 35.5. The predicted octanol–water partition coefficient (Wildman–Crippen LogP) is 4.39. The largest absolute Gasteiger partial charge is 0.368 e. The molecule has 0 saturated carbocycles. The maximum Gasteiger partial charge on any atom is 0.233 e. The molecular formula is C19H18ClN3OS2. The average molecular weight is 404 g/mol. The van der Waals surface area contributed by atoms with Gasteiger partial charge in [0, 0.05) is 36.9 Å². The Morgan fingerprint density at radius 1 is 1.12 bits per heavy atom. The first-order valence-corrected chi connectivity index (χ1v) is 10.6. The molecule has 4 nitrogen and oxygen atoms in total. The molecule has 3 aromatic rings. The number of amides is 1. The number of aromatic nitrogens is 1. The van der Waals surface area contributed by atoms with Crippen LogP contribution < -0.4 is 4.90 Å². The highest BCUT2D eigenvalue weighted by molar-refractivity contribution is 8.01. The van der Waals surface area contributed by atoms with Crippen molar-refractivity contribution in [1.82, 2.24) is 9.88 Å². The molecule has 134 valence electrons. The van der Waals surface area contributed by atoms with Crippen molar-refractivity contribution in [3.8, 4) is 0 Å². The fourth-order valence-corrected chi connectivity index (χ4v) is 5.17. The number of halogens is 1. The van der Waals surface area contributed by atoms with E-state index < -0.39 is 0 Å². The fraction of sp³-hybridized carbons (Fsp3) is 0.263. The number of thioether (sulfide) groups is 1. The number of anilines is 1. The van der Waals surface area contributed by atoms with Gasteiger partial charge < -0.3 is 9.80 Å². The van der Waals surface area contributed by atoms with E-state index in [-0.39, 0.29) is 5.91 Å². The number of rotatable bonds is 4. The van der Waals surface area contributed by atoms with E-state index >= 15 is 0 Å². The van der Waals surface area contributed by atoms with E-state index in [1.54, 1.807) is 11.3 Å². The summed E-state index contributed by atoms with van der Waals surface area (Å²) in [6.07, 6.45) is 0. The van der Waals surface area contributed by atoms with Gasteiger partial charge in [0.1, 0.15) is 0 Å². The lowest BCUT2D eigenvalue weighted by Gasteiger charge is -2.36. The van der Waals surface area contributed by atoms with Crippen LogP contribution in [0.25, 0.3) is 10.2 Å². The monoisotopic (exact) mass is 403 g/mol. The molecule has 1 aliphatic rings. The lowest BCUT2D eigenvalue weighted by Crippen LogP contribution is -2.49. The zero-order valence-electron chi connectivity index (χ0n) is 14.1. The van der Waals surface area contributed by atoms with Gasteiger partial charge >= 0.3 is 0 Å². The summed E-state index contributed by atoms with van der Waals surface area (Å²) in [5.74, 6) is 0.622. The van der Waals surface area contributed by atoms with Gasteiger partial charge in [0.05, 0.1) is 16.0 Å². The van der Waals surface area contributed by atoms with Gasteiger partial charge in [-0.05, 0) is 30.3 Å². The third kappa shape index (κ3) is 3.98. The third-order valence-corrected chi connectivity index (χ3v) is 6.80. The van der Waals surface area contributed by atoms with Gasteiger partial charge in [0.2, 0.25) is 5.91 Å². The number of benzene rings is 2. The predicted molar refractivity (Wildman–Crippen MR) is 111 cm³/mol. The van der Waals surface area contributed by atoms with Crippen molar-refractivity contribution in [2.24, 2.45) is 0 Å². The summed E-state index contributed by atoms with van der Waals surface area (Å²) in [5.41, 5.74) is 2.12. The highest BCUT2D eigenvalue weighted by Gasteiger charge is 2.21. The standard InChI is InChI=1S/C19H18ClN3OS2/c20-14-4-3-5-15(12-14)22-8-10-23(11-9-22)18(24)13-25-19-21-16-6-1-2-7-17(16)26-19/h1-7,12H,8-11,13H2. The maximum atomic E-state index is 12.5. The van der Waals surface area contributed by atoms with Gasteiger partial charge in [-0.15, -0.1) is 11.3 Å². The van der Waals surface area contributed by atoms with E-state index in [2.05, 4.69) is 22.0 Å². The molecule has 26 heavy (non-hydrogen) atoms. The quantitative estimate of drug-likeness (QED) is 0.605. The van der Waals surface area contributed by atoms with Crippen LogP contribution in [-0.2, 0) is 4.79 Å². The van der Waals surface area contributed by atoms with Crippen molar-refractivity contribution in [1.29, 1.82) is 0 Å². The van der Waals surface area contributed by atoms with Crippen LogP contribution in [-0.4, -0.2) is 47.7 Å². The van der Waals surface area contributed by atoms with E-state index in [0.29, 0.717) is 5.75 Å². The number of nitrogens with zero attached hydrogens (tertiary/aromatic N) is 3. The molecule has 1 amide bonds. The van der Waals surface area contributed by atoms with Crippen LogP contribution in [0, 0.1) is 0 Å². The Labute approximate surface area is 165 Å². The van der Waals surface area contributed by atoms with Gasteiger partial charge in [-0.1, -0.05) is 41.6 Å². The number of para-hydroxylation sites is 1. The minimum Gasteiger partial charge on any atom is -0.368 e. The molecule has 0 unspecified atom stereocenters. The Kier molecular flexibility index (Phi) is 5.33. The van der Waals surface area contributed by atoms with E-state index in [4.69, 9.17) is 11.6 Å². The Balaban J connectivity index is 1.30. The summed E-state index contributed by atoms with van der Waals surface area (Å²) in [7, 11) is 0. The lowest BCUT2D eigenvalue weighted by molar-refractivity contribution is -0.128. The van der Waals surface area contributed by atoms with Gasteiger partial charge in [-0.25, -0.2) is 4.98 Å². The van der Waals surface area contributed by atoms with E-state index in [1.807, 2.05) is 41.3 Å². The molecule has 0 aliphatic carbocycles. The summed E-state index contributed by atoms with van der Waals surface area (Å²) >= 11 is 9.25. The lowest BCUT2D eigenvalue weighted by atomic mass is 10.2. The summed E-state index contributed by atoms with van der Waals surface area (Å²) in [4.78, 5) is 21.3. The van der Waals surface area contributed by atoms with Crippen LogP contribution >= 0.6 is 34.7 Å². The summed E-state index contributed by atoms with van der Waals surface area (Å²) < 4.78 is 2.12. The first kappa shape index (κ1) is 17.6. The SMILES string of the molecule is O=C(CSc1nc2ccccc2s1)N1CCN(c2cccc(Cl)c2)CC1. The van der Waals surface area contributed by atoms with Crippen LogP contribution in [0.4, 0.5) is 5.69 Å². The van der Waals surface area contributed by atoms with Crippen molar-refractivity contribution < 1.29 is 4.79 Å². The zero-order valence-corrected chi connectivity index (χ0v) is 16.5. The molecule has 0 atom stereocenters. The summed E-state index contributed by atoms with van der Waals surface area (Å²) in [5, 5.41) is 0.744. The molecule has 4 rings (SSSR count). The van der Waals surface area contributed by atoms with E-state index in [1.165, 1.54) is 11.8 Å². The number of thiazole rings is 1. The molecule has 2 aromatic carbocycles. The number of piperazine rings is 1. The minimum absolute atomic E-state index is 0.181. The number of fused-ring (bicyclic) bond motifs is 1. The molecule has 0 bridgehead atoms. The summed E-state index contributed by atoms with van der Waals surface area (Å²) in [6, 6.07) is 15.9. The van der Waals surface area contributed by atoms with Crippen molar-refractivity contribution in [3.05, 3.63) is 53.6 Å². The topological polar surface area (TPSA) is 36.4 Å². The molecule has 1 saturated heterocycles.